The van der Waals surface area contributed by atoms with E-state index in [-0.39, 0.29) is 23.5 Å². The van der Waals surface area contributed by atoms with Gasteiger partial charge in [0, 0.05) is 18.6 Å². The molecule has 2 fully saturated rings. The van der Waals surface area contributed by atoms with E-state index in [0.717, 1.165) is 25.5 Å². The molecule has 0 unspecified atom stereocenters. The van der Waals surface area contributed by atoms with E-state index in [2.05, 4.69) is 4.72 Å². The van der Waals surface area contributed by atoms with Crippen molar-refractivity contribution < 1.29 is 22.7 Å². The second-order valence-electron chi connectivity index (χ2n) is 6.67. The van der Waals surface area contributed by atoms with Gasteiger partial charge in [-0.3, -0.25) is 9.69 Å². The molecular weight excluding hydrogens is 335 g/mol. The summed E-state index contributed by atoms with van der Waals surface area (Å²) < 4.78 is 40.3. The van der Waals surface area contributed by atoms with E-state index in [1.165, 1.54) is 18.2 Å². The van der Waals surface area contributed by atoms with Crippen molar-refractivity contribution in [2.75, 3.05) is 13.1 Å². The topological polar surface area (TPSA) is 86.7 Å². The number of aliphatic carboxylic acids is 1. The Kier molecular flexibility index (Phi) is 4.89. The van der Waals surface area contributed by atoms with Gasteiger partial charge in [0.15, 0.2) is 0 Å². The fourth-order valence-electron chi connectivity index (χ4n) is 3.05. The van der Waals surface area contributed by atoms with Crippen molar-refractivity contribution in [1.82, 2.24) is 9.62 Å². The van der Waals surface area contributed by atoms with Crippen LogP contribution in [0, 0.1) is 11.7 Å². The number of rotatable bonds is 8. The zero-order chi connectivity index (χ0) is 17.3. The smallest absolute Gasteiger partial charge is 0.317 e. The first kappa shape index (κ1) is 17.3. The third-order valence-corrected chi connectivity index (χ3v) is 6.10. The van der Waals surface area contributed by atoms with Crippen LogP contribution in [0.3, 0.4) is 0 Å². The number of nitrogens with one attached hydrogen (secondary N) is 1. The Balaban J connectivity index is 1.56. The van der Waals surface area contributed by atoms with Gasteiger partial charge in [0.1, 0.15) is 5.82 Å². The first-order valence-electron chi connectivity index (χ1n) is 8.07. The van der Waals surface area contributed by atoms with Crippen molar-refractivity contribution in [1.29, 1.82) is 0 Å². The van der Waals surface area contributed by atoms with Gasteiger partial charge >= 0.3 is 5.97 Å². The van der Waals surface area contributed by atoms with Gasteiger partial charge in [-0.2, -0.15) is 0 Å². The number of carbonyl (C=O) groups is 1. The van der Waals surface area contributed by atoms with Crippen LogP contribution in [-0.4, -0.2) is 49.6 Å². The minimum Gasteiger partial charge on any atom is -0.480 e. The molecule has 0 heterocycles. The fourth-order valence-corrected chi connectivity index (χ4v) is 4.35. The highest BCUT2D eigenvalue weighted by atomic mass is 32.2. The van der Waals surface area contributed by atoms with Gasteiger partial charge in [0.25, 0.3) is 0 Å². The molecule has 1 aromatic rings. The molecule has 6 nitrogen and oxygen atoms in total. The van der Waals surface area contributed by atoms with E-state index >= 15 is 0 Å². The molecule has 0 bridgehead atoms. The summed E-state index contributed by atoms with van der Waals surface area (Å²) in [5.74, 6) is -0.881. The molecule has 0 spiro atoms. The normalized spacial score (nSPS) is 23.9. The summed E-state index contributed by atoms with van der Waals surface area (Å²) in [6, 6.07) is 4.74. The Morgan fingerprint density at radius 2 is 2.04 bits per heavy atom. The van der Waals surface area contributed by atoms with Crippen LogP contribution in [0.4, 0.5) is 4.39 Å². The molecule has 2 N–H and O–H groups in total. The maximum absolute atomic E-state index is 13.2. The summed E-state index contributed by atoms with van der Waals surface area (Å²) in [6.07, 6.45) is 3.43. The van der Waals surface area contributed by atoms with Gasteiger partial charge in [-0.1, -0.05) is 6.07 Å². The molecule has 0 aliphatic heterocycles. The van der Waals surface area contributed by atoms with Crippen LogP contribution in [0.2, 0.25) is 0 Å². The van der Waals surface area contributed by atoms with E-state index in [0.29, 0.717) is 18.8 Å². The van der Waals surface area contributed by atoms with Crippen LogP contribution < -0.4 is 4.72 Å². The summed E-state index contributed by atoms with van der Waals surface area (Å²) >= 11 is 0. The van der Waals surface area contributed by atoms with Gasteiger partial charge in [-0.25, -0.2) is 17.5 Å². The number of sulfonamides is 1. The molecule has 1 aromatic carbocycles. The highest BCUT2D eigenvalue weighted by Crippen LogP contribution is 2.34. The number of hydrogen-bond donors (Lipinski definition) is 2. The lowest BCUT2D eigenvalue weighted by Crippen LogP contribution is -2.55. The van der Waals surface area contributed by atoms with E-state index in [4.69, 9.17) is 5.11 Å². The molecule has 0 radical (unpaired) electrons. The second kappa shape index (κ2) is 6.78. The molecule has 8 heteroatoms. The van der Waals surface area contributed by atoms with Gasteiger partial charge in [0.2, 0.25) is 10.0 Å². The third kappa shape index (κ3) is 4.31. The van der Waals surface area contributed by atoms with Crippen LogP contribution >= 0.6 is 0 Å². The highest BCUT2D eigenvalue weighted by molar-refractivity contribution is 7.89. The van der Waals surface area contributed by atoms with Crippen molar-refractivity contribution in [3.8, 4) is 0 Å². The average molecular weight is 356 g/mol. The Bertz CT molecular complexity index is 715. The molecule has 24 heavy (non-hydrogen) atoms. The van der Waals surface area contributed by atoms with Crippen LogP contribution in [0.25, 0.3) is 0 Å². The molecule has 2 saturated carbocycles. The van der Waals surface area contributed by atoms with Crippen molar-refractivity contribution in [2.45, 2.75) is 42.7 Å². The number of hydrogen-bond acceptors (Lipinski definition) is 4. The van der Waals surface area contributed by atoms with Gasteiger partial charge in [-0.05, 0) is 49.8 Å². The Hall–Kier alpha value is -1.51. The van der Waals surface area contributed by atoms with Crippen LogP contribution in [0.1, 0.15) is 25.7 Å². The summed E-state index contributed by atoms with van der Waals surface area (Å²) in [5, 5.41) is 9.02. The first-order chi connectivity index (χ1) is 11.3. The number of halogens is 1. The monoisotopic (exact) mass is 356 g/mol. The Morgan fingerprint density at radius 3 is 2.62 bits per heavy atom. The predicted octanol–water partition coefficient (Wildman–Crippen LogP) is 1.43. The maximum Gasteiger partial charge on any atom is 0.317 e. The third-order valence-electron chi connectivity index (χ3n) is 4.59. The minimum atomic E-state index is -3.75. The largest absolute Gasteiger partial charge is 0.480 e. The first-order valence-corrected chi connectivity index (χ1v) is 9.55. The maximum atomic E-state index is 13.2. The Morgan fingerprint density at radius 1 is 1.33 bits per heavy atom. The van der Waals surface area contributed by atoms with Gasteiger partial charge < -0.3 is 5.11 Å². The lowest BCUT2D eigenvalue weighted by atomic mass is 9.86. The Labute approximate surface area is 140 Å². The lowest BCUT2D eigenvalue weighted by molar-refractivity contribution is -0.139. The van der Waals surface area contributed by atoms with E-state index in [9.17, 15) is 17.6 Å². The molecule has 3 rings (SSSR count). The zero-order valence-corrected chi connectivity index (χ0v) is 14.0. The summed E-state index contributed by atoms with van der Waals surface area (Å²) in [6.45, 7) is 0.755. The molecule has 0 atom stereocenters. The molecule has 0 aromatic heterocycles. The predicted molar refractivity (Wildman–Crippen MR) is 85.5 cm³/mol. The SMILES string of the molecule is O=C(O)CN(CC1CC1)C1CC(NS(=O)(=O)c2cccc(F)c2)C1. The summed E-state index contributed by atoms with van der Waals surface area (Å²) in [5.41, 5.74) is 0. The number of benzene rings is 1. The minimum absolute atomic E-state index is 0.00939. The van der Waals surface area contributed by atoms with Crippen LogP contribution in [-0.2, 0) is 14.8 Å². The fraction of sp³-hybridized carbons (Fsp3) is 0.562. The molecular formula is C16H21FN2O4S. The lowest BCUT2D eigenvalue weighted by Gasteiger charge is -2.42. The van der Waals surface area contributed by atoms with Crippen LogP contribution in [0.5, 0.6) is 0 Å². The molecule has 2 aliphatic rings. The van der Waals surface area contributed by atoms with Gasteiger partial charge in [-0.15, -0.1) is 0 Å². The summed E-state index contributed by atoms with van der Waals surface area (Å²) in [4.78, 5) is 12.8. The molecule has 0 amide bonds. The van der Waals surface area contributed by atoms with Crippen molar-refractivity contribution in [3.05, 3.63) is 30.1 Å². The standard InChI is InChI=1S/C16H21FN2O4S/c17-12-2-1-3-15(6-12)24(22,23)18-13-7-14(8-13)19(10-16(20)21)9-11-4-5-11/h1-3,6,11,13-14,18H,4-5,7-10H2,(H,20,21). The average Bonchev–Trinajstić information content (AvgIpc) is 3.25. The van der Waals surface area contributed by atoms with E-state index in [1.807, 2.05) is 4.90 Å². The number of carboxylic acids is 1. The van der Waals surface area contributed by atoms with Crippen LogP contribution in [0.15, 0.2) is 29.2 Å². The molecule has 132 valence electrons. The van der Waals surface area contributed by atoms with Crippen molar-refractivity contribution in [2.24, 2.45) is 5.92 Å². The molecule has 0 saturated heterocycles. The second-order valence-corrected chi connectivity index (χ2v) is 8.38. The zero-order valence-electron chi connectivity index (χ0n) is 13.2. The van der Waals surface area contributed by atoms with Gasteiger partial charge in [0.05, 0.1) is 11.4 Å². The van der Waals surface area contributed by atoms with E-state index in [1.54, 1.807) is 0 Å². The molecule has 2 aliphatic carbocycles. The number of carboxylic acid groups (broad SMARTS) is 1. The number of nitrogens with zero attached hydrogens (tertiary/aromatic N) is 1. The quantitative estimate of drug-likeness (QED) is 0.736. The summed E-state index contributed by atoms with van der Waals surface area (Å²) in [7, 11) is -3.75. The van der Waals surface area contributed by atoms with Crippen molar-refractivity contribution in [3.63, 3.8) is 0 Å². The van der Waals surface area contributed by atoms with Crippen molar-refractivity contribution >= 4 is 16.0 Å². The van der Waals surface area contributed by atoms with E-state index < -0.39 is 21.8 Å². The highest BCUT2D eigenvalue weighted by Gasteiger charge is 2.38.